The van der Waals surface area contributed by atoms with Crippen LogP contribution in [-0.4, -0.2) is 63.5 Å². The van der Waals surface area contributed by atoms with Crippen LogP contribution < -0.4 is 15.6 Å². The summed E-state index contributed by atoms with van der Waals surface area (Å²) in [4.78, 5) is 29.5. The monoisotopic (exact) mass is 578 g/mol. The number of fused-ring (bicyclic) bond motifs is 2. The minimum absolute atomic E-state index is 0.0956. The Balaban J connectivity index is 1.43. The quantitative estimate of drug-likeness (QED) is 0.325. The van der Waals surface area contributed by atoms with Gasteiger partial charge in [0.15, 0.2) is 5.65 Å². The highest BCUT2D eigenvalue weighted by molar-refractivity contribution is 7.88. The van der Waals surface area contributed by atoms with E-state index in [1.54, 1.807) is 17.1 Å². The molecule has 0 unspecified atom stereocenters. The fourth-order valence-corrected chi connectivity index (χ4v) is 5.60. The number of rotatable bonds is 8. The summed E-state index contributed by atoms with van der Waals surface area (Å²) in [5.41, 5.74) is 5.30. The molecule has 4 heterocycles. The summed E-state index contributed by atoms with van der Waals surface area (Å²) in [7, 11) is -3.19. The summed E-state index contributed by atoms with van der Waals surface area (Å²) in [6.07, 6.45) is 5.40. The molecule has 0 amide bonds. The van der Waals surface area contributed by atoms with Gasteiger partial charge >= 0.3 is 0 Å². The van der Waals surface area contributed by atoms with E-state index in [0.717, 1.165) is 36.6 Å². The Morgan fingerprint density at radius 3 is 2.56 bits per heavy atom. The maximum absolute atomic E-state index is 13.4. The number of sulfonamides is 1. The van der Waals surface area contributed by atoms with Crippen molar-refractivity contribution in [2.24, 2.45) is 0 Å². The normalized spacial score (nSPS) is 14.5. The lowest BCUT2D eigenvalue weighted by Crippen LogP contribution is -2.37. The average molecular weight is 579 g/mol. The number of nitrogens with one attached hydrogen (secondary N) is 2. The molecule has 4 aromatic rings. The molecule has 5 rings (SSSR count). The van der Waals surface area contributed by atoms with Crippen molar-refractivity contribution < 1.29 is 8.42 Å². The van der Waals surface area contributed by atoms with Crippen LogP contribution in [0.1, 0.15) is 57.5 Å². The third kappa shape index (κ3) is 6.34. The predicted octanol–water partition coefficient (Wildman–Crippen LogP) is 3.51. The maximum Gasteiger partial charge on any atom is 0.278 e. The van der Waals surface area contributed by atoms with Crippen molar-refractivity contribution in [3.63, 3.8) is 0 Å². The molecular weight excluding hydrogens is 540 g/mol. The molecule has 0 bridgehead atoms. The lowest BCUT2D eigenvalue weighted by atomic mass is 9.91. The maximum atomic E-state index is 13.4. The van der Waals surface area contributed by atoms with Gasteiger partial charge in [-0.1, -0.05) is 26.8 Å². The second kappa shape index (κ2) is 11.0. The van der Waals surface area contributed by atoms with Crippen LogP contribution in [0, 0.1) is 0 Å². The average Bonchev–Trinajstić information content (AvgIpc) is 3.19. The Morgan fingerprint density at radius 1 is 1.07 bits per heavy atom. The van der Waals surface area contributed by atoms with Crippen LogP contribution >= 0.6 is 0 Å². The van der Waals surface area contributed by atoms with Gasteiger partial charge in [0.1, 0.15) is 5.39 Å². The summed E-state index contributed by atoms with van der Waals surface area (Å²) < 4.78 is 28.8. The SMILES string of the molecule is CC(C)n1c(=O)c2cnc(Nc3ccc4c(c3)CCN(CCNS(C)(=O)=O)C4)nc2n1-c1ccnc(C(C)(C)C)c1. The molecule has 3 aromatic heterocycles. The van der Waals surface area contributed by atoms with Gasteiger partial charge < -0.3 is 5.32 Å². The molecular formula is C29H38N8O3S. The molecule has 41 heavy (non-hydrogen) atoms. The summed E-state index contributed by atoms with van der Waals surface area (Å²) >= 11 is 0. The van der Waals surface area contributed by atoms with E-state index in [0.29, 0.717) is 30.1 Å². The van der Waals surface area contributed by atoms with Crippen LogP contribution in [0.15, 0.2) is 47.5 Å². The van der Waals surface area contributed by atoms with Gasteiger partial charge in [0.2, 0.25) is 16.0 Å². The smallest absolute Gasteiger partial charge is 0.278 e. The van der Waals surface area contributed by atoms with Gasteiger partial charge in [-0.2, -0.15) is 4.98 Å². The molecule has 0 saturated carbocycles. The summed E-state index contributed by atoms with van der Waals surface area (Å²) in [5, 5.41) is 3.78. The highest BCUT2D eigenvalue weighted by Gasteiger charge is 2.22. The lowest BCUT2D eigenvalue weighted by Gasteiger charge is -2.29. The number of pyridine rings is 1. The highest BCUT2D eigenvalue weighted by atomic mass is 32.2. The second-order valence-corrected chi connectivity index (χ2v) is 13.8. The van der Waals surface area contributed by atoms with Gasteiger partial charge in [-0.25, -0.2) is 27.5 Å². The number of hydrogen-bond acceptors (Lipinski definition) is 8. The number of anilines is 2. The summed E-state index contributed by atoms with van der Waals surface area (Å²) in [6, 6.07) is 10.0. The first-order valence-corrected chi connectivity index (χ1v) is 15.7. The van der Waals surface area contributed by atoms with Gasteiger partial charge in [0.05, 0.1) is 11.9 Å². The van der Waals surface area contributed by atoms with Gasteiger partial charge in [0.25, 0.3) is 5.56 Å². The van der Waals surface area contributed by atoms with Crippen molar-refractivity contribution in [3.05, 3.63) is 69.9 Å². The molecule has 0 radical (unpaired) electrons. The van der Waals surface area contributed by atoms with E-state index < -0.39 is 10.0 Å². The number of nitrogens with zero attached hydrogens (tertiary/aromatic N) is 6. The second-order valence-electron chi connectivity index (χ2n) is 11.9. The van der Waals surface area contributed by atoms with Crippen LogP contribution in [0.2, 0.25) is 0 Å². The first kappa shape index (κ1) is 28.9. The van der Waals surface area contributed by atoms with Gasteiger partial charge in [-0.15, -0.1) is 0 Å². The molecule has 2 N–H and O–H groups in total. The number of hydrogen-bond donors (Lipinski definition) is 2. The minimum atomic E-state index is -3.19. The first-order valence-electron chi connectivity index (χ1n) is 13.8. The summed E-state index contributed by atoms with van der Waals surface area (Å²) in [5.74, 6) is 0.404. The molecule has 1 aliphatic rings. The minimum Gasteiger partial charge on any atom is -0.324 e. The number of benzene rings is 1. The zero-order chi connectivity index (χ0) is 29.5. The largest absolute Gasteiger partial charge is 0.324 e. The molecule has 11 nitrogen and oxygen atoms in total. The van der Waals surface area contributed by atoms with Crippen LogP contribution in [-0.2, 0) is 28.4 Å². The van der Waals surface area contributed by atoms with Crippen LogP contribution in [0.25, 0.3) is 16.7 Å². The fourth-order valence-electron chi connectivity index (χ4n) is 5.13. The van der Waals surface area contributed by atoms with Crippen molar-refractivity contribution in [1.29, 1.82) is 0 Å². The zero-order valence-corrected chi connectivity index (χ0v) is 25.3. The Labute approximate surface area is 240 Å². The van der Waals surface area contributed by atoms with E-state index in [1.807, 2.05) is 36.7 Å². The standard InChI is InChI=1S/C29H38N8O3S/c1-19(2)36-27(38)24-17-31-28(34-26(24)37(36)23-9-11-30-25(16-23)29(3,4)5)33-22-8-7-21-18-35(13-10-20(21)15-22)14-12-32-41(6,39)40/h7-9,11,15-17,19,32H,10,12-14,18H2,1-6H3,(H,31,33,34). The molecule has 218 valence electrons. The third-order valence-corrected chi connectivity index (χ3v) is 7.94. The van der Waals surface area contributed by atoms with Gasteiger partial charge in [-0.3, -0.25) is 14.7 Å². The van der Waals surface area contributed by atoms with Crippen LogP contribution in [0.4, 0.5) is 11.6 Å². The predicted molar refractivity (Wildman–Crippen MR) is 162 cm³/mol. The third-order valence-electron chi connectivity index (χ3n) is 7.21. The van der Waals surface area contributed by atoms with E-state index >= 15 is 0 Å². The van der Waals surface area contributed by atoms with Gasteiger partial charge in [-0.05, 0) is 55.7 Å². The van der Waals surface area contributed by atoms with Crippen molar-refractivity contribution >= 4 is 32.7 Å². The van der Waals surface area contributed by atoms with Crippen molar-refractivity contribution in [2.45, 2.75) is 59.0 Å². The highest BCUT2D eigenvalue weighted by Crippen LogP contribution is 2.27. The van der Waals surface area contributed by atoms with Crippen molar-refractivity contribution in [1.82, 2.24) is 33.9 Å². The zero-order valence-electron chi connectivity index (χ0n) is 24.5. The van der Waals surface area contributed by atoms with Crippen molar-refractivity contribution in [3.8, 4) is 5.69 Å². The summed E-state index contributed by atoms with van der Waals surface area (Å²) in [6.45, 7) is 13.0. The van der Waals surface area contributed by atoms with E-state index in [9.17, 15) is 13.2 Å². The van der Waals surface area contributed by atoms with E-state index in [2.05, 4.69) is 57.8 Å². The first-order chi connectivity index (χ1) is 19.3. The molecule has 0 atom stereocenters. The molecule has 1 aliphatic heterocycles. The molecule has 0 spiro atoms. The number of aromatic nitrogens is 5. The van der Waals surface area contributed by atoms with Crippen LogP contribution in [0.3, 0.4) is 0 Å². The Morgan fingerprint density at radius 2 is 1.85 bits per heavy atom. The molecule has 0 aliphatic carbocycles. The molecule has 0 fully saturated rings. The molecule has 1 aromatic carbocycles. The fraction of sp³-hybridized carbons (Fsp3) is 0.448. The van der Waals surface area contributed by atoms with E-state index in [1.165, 1.54) is 17.4 Å². The topological polar surface area (TPSA) is 127 Å². The van der Waals surface area contributed by atoms with Crippen molar-refractivity contribution in [2.75, 3.05) is 31.2 Å². The molecule has 0 saturated heterocycles. The lowest BCUT2D eigenvalue weighted by molar-refractivity contribution is 0.259. The molecule has 12 heteroatoms. The Kier molecular flexibility index (Phi) is 7.75. The van der Waals surface area contributed by atoms with E-state index in [-0.39, 0.29) is 17.0 Å². The van der Waals surface area contributed by atoms with E-state index in [4.69, 9.17) is 4.98 Å². The Hall–Kier alpha value is -3.61. The van der Waals surface area contributed by atoms with Crippen LogP contribution in [0.5, 0.6) is 0 Å². The van der Waals surface area contributed by atoms with Gasteiger partial charge in [0, 0.05) is 61.4 Å². The Bertz CT molecular complexity index is 1750.